The average Bonchev–Trinajstić information content (AvgIpc) is 3.18. The Morgan fingerprint density at radius 2 is 2.39 bits per heavy atom. The molecule has 11 nitrogen and oxygen atoms in total. The lowest BCUT2D eigenvalue weighted by Gasteiger charge is -2.49. The minimum atomic E-state index is -1.22. The van der Waals surface area contributed by atoms with Crippen LogP contribution in [0.1, 0.15) is 5.69 Å². The van der Waals surface area contributed by atoms with Crippen LogP contribution in [0.5, 0.6) is 0 Å². The zero-order chi connectivity index (χ0) is 22.5. The van der Waals surface area contributed by atoms with Gasteiger partial charge in [-0.25, -0.2) is 9.78 Å². The van der Waals surface area contributed by atoms with Crippen molar-refractivity contribution in [1.29, 1.82) is 5.26 Å². The van der Waals surface area contributed by atoms with Gasteiger partial charge in [0.1, 0.15) is 29.9 Å². The Morgan fingerprint density at radius 3 is 3.00 bits per heavy atom. The maximum atomic E-state index is 12.7. The SMILES string of the molecule is CO/N=C(\C(=O)NC1C(=O)N2C(C(=O)O)=C(CS/C=C\C#N)CS[C@H]12)c1csc(N)n1. The molecule has 2 aliphatic rings. The molecule has 0 spiro atoms. The van der Waals surface area contributed by atoms with Crippen molar-refractivity contribution in [3.05, 3.63) is 33.8 Å². The molecular formula is C17H16N6O5S3. The zero-order valence-electron chi connectivity index (χ0n) is 16.0. The standard InChI is InChI=1S/C17H16N6O5S3/c1-28-22-10(9-7-31-17(19)20-9)13(24)21-11-14(25)23-12(16(26)27)8(6-30-15(11)23)5-29-4-2-3-18/h2,4,7,11,15H,5-6H2,1H3,(H2,19,20)(H,21,24)(H,26,27)/b4-2-,22-10-/t11?,15-/m1/s1. The van der Waals surface area contributed by atoms with E-state index in [2.05, 4.69) is 15.5 Å². The van der Waals surface area contributed by atoms with Crippen LogP contribution in [-0.2, 0) is 19.2 Å². The molecule has 1 saturated heterocycles. The van der Waals surface area contributed by atoms with E-state index in [-0.39, 0.29) is 22.2 Å². The van der Waals surface area contributed by atoms with Gasteiger partial charge in [-0.1, -0.05) is 5.16 Å². The van der Waals surface area contributed by atoms with E-state index in [0.717, 1.165) is 11.3 Å². The van der Waals surface area contributed by atoms with Crippen molar-refractivity contribution >= 4 is 63.5 Å². The molecule has 3 rings (SSSR count). The molecule has 1 aromatic rings. The van der Waals surface area contributed by atoms with Gasteiger partial charge in [-0.3, -0.25) is 14.5 Å². The van der Waals surface area contributed by atoms with Gasteiger partial charge < -0.3 is 21.0 Å². The van der Waals surface area contributed by atoms with Gasteiger partial charge in [0, 0.05) is 23.0 Å². The van der Waals surface area contributed by atoms with Crippen LogP contribution in [0.15, 0.2) is 33.3 Å². The van der Waals surface area contributed by atoms with Crippen molar-refractivity contribution in [2.24, 2.45) is 5.16 Å². The van der Waals surface area contributed by atoms with Gasteiger partial charge in [0.2, 0.25) is 0 Å². The topological polar surface area (TPSA) is 171 Å². The van der Waals surface area contributed by atoms with Crippen LogP contribution in [0, 0.1) is 11.3 Å². The van der Waals surface area contributed by atoms with E-state index in [1.54, 1.807) is 5.41 Å². The number of allylic oxidation sites excluding steroid dienone is 1. The van der Waals surface area contributed by atoms with Gasteiger partial charge >= 0.3 is 5.97 Å². The number of nitrogen functional groups attached to an aromatic ring is 1. The smallest absolute Gasteiger partial charge is 0.352 e. The van der Waals surface area contributed by atoms with Crippen molar-refractivity contribution in [3.63, 3.8) is 0 Å². The summed E-state index contributed by atoms with van der Waals surface area (Å²) >= 11 is 3.73. The van der Waals surface area contributed by atoms with Crippen LogP contribution in [0.2, 0.25) is 0 Å². The van der Waals surface area contributed by atoms with Crippen LogP contribution in [0.4, 0.5) is 5.13 Å². The number of fused-ring (bicyclic) bond motifs is 1. The van der Waals surface area contributed by atoms with Gasteiger partial charge in [0.25, 0.3) is 11.8 Å². The first kappa shape index (κ1) is 22.7. The Labute approximate surface area is 189 Å². The molecule has 0 aliphatic carbocycles. The number of nitrogens with one attached hydrogen (secondary N) is 1. The van der Waals surface area contributed by atoms with Crippen LogP contribution >= 0.6 is 34.9 Å². The number of carbonyl (C=O) groups is 3. The molecule has 0 aromatic carbocycles. The number of oxime groups is 1. The molecule has 1 unspecified atom stereocenters. The summed E-state index contributed by atoms with van der Waals surface area (Å²) in [6.07, 6.45) is 1.29. The number of thiazole rings is 1. The van der Waals surface area contributed by atoms with Gasteiger partial charge in [-0.05, 0) is 11.0 Å². The van der Waals surface area contributed by atoms with Gasteiger partial charge in [-0.15, -0.1) is 34.9 Å². The summed E-state index contributed by atoms with van der Waals surface area (Å²) in [7, 11) is 1.27. The summed E-state index contributed by atoms with van der Waals surface area (Å²) in [5.41, 5.74) is 6.15. The number of carboxylic acid groups (broad SMARTS) is 1. The second kappa shape index (κ2) is 9.86. The fraction of sp³-hybridized carbons (Fsp3) is 0.294. The summed E-state index contributed by atoms with van der Waals surface area (Å²) in [5.74, 6) is -1.74. The molecule has 162 valence electrons. The molecule has 2 amide bonds. The molecule has 3 heterocycles. The Balaban J connectivity index is 1.75. The van der Waals surface area contributed by atoms with Crippen molar-refractivity contribution in [2.75, 3.05) is 24.3 Å². The van der Waals surface area contributed by atoms with E-state index in [9.17, 15) is 19.5 Å². The van der Waals surface area contributed by atoms with E-state index in [4.69, 9.17) is 15.8 Å². The van der Waals surface area contributed by atoms with Crippen LogP contribution in [0.25, 0.3) is 0 Å². The number of aromatic nitrogens is 1. The summed E-state index contributed by atoms with van der Waals surface area (Å²) in [4.78, 5) is 47.1. The number of carbonyl (C=O) groups excluding carboxylic acids is 2. The summed E-state index contributed by atoms with van der Waals surface area (Å²) in [6, 6.07) is 0.937. The number of β-lactam (4-membered cyclic amide) rings is 1. The molecule has 14 heteroatoms. The third-order valence-corrected chi connectivity index (χ3v) is 7.05. The first-order valence-corrected chi connectivity index (χ1v) is 11.6. The molecule has 4 N–H and O–H groups in total. The molecule has 0 bridgehead atoms. The first-order chi connectivity index (χ1) is 14.9. The van der Waals surface area contributed by atoms with Gasteiger partial charge in [0.15, 0.2) is 10.8 Å². The maximum absolute atomic E-state index is 12.7. The molecule has 1 fully saturated rings. The lowest BCUT2D eigenvalue weighted by molar-refractivity contribution is -0.150. The zero-order valence-corrected chi connectivity index (χ0v) is 18.4. The highest BCUT2D eigenvalue weighted by molar-refractivity contribution is 8.02. The van der Waals surface area contributed by atoms with E-state index in [1.165, 1.54) is 47.0 Å². The lowest BCUT2D eigenvalue weighted by atomic mass is 10.0. The Morgan fingerprint density at radius 1 is 1.61 bits per heavy atom. The highest BCUT2D eigenvalue weighted by Crippen LogP contribution is 2.41. The summed E-state index contributed by atoms with van der Waals surface area (Å²) in [6.45, 7) is 0. The number of aliphatic carboxylic acids is 1. The van der Waals surface area contributed by atoms with E-state index < -0.39 is 29.2 Å². The second-order valence-electron chi connectivity index (χ2n) is 6.05. The second-order valence-corrected chi connectivity index (χ2v) is 8.94. The molecule has 2 aliphatic heterocycles. The Kier molecular flexibility index (Phi) is 7.21. The van der Waals surface area contributed by atoms with Crippen LogP contribution in [-0.4, -0.2) is 68.5 Å². The Bertz CT molecular complexity index is 1040. The Hall–Kier alpha value is -3.02. The number of nitriles is 1. The minimum Gasteiger partial charge on any atom is -0.477 e. The minimum absolute atomic E-state index is 0.0878. The van der Waals surface area contributed by atoms with E-state index in [1.807, 2.05) is 6.07 Å². The van der Waals surface area contributed by atoms with Crippen molar-refractivity contribution < 1.29 is 24.3 Å². The van der Waals surface area contributed by atoms with Gasteiger partial charge in [0.05, 0.1) is 6.07 Å². The van der Waals surface area contributed by atoms with Gasteiger partial charge in [-0.2, -0.15) is 5.26 Å². The fourth-order valence-electron chi connectivity index (χ4n) is 2.92. The molecule has 1 aromatic heterocycles. The predicted molar refractivity (Wildman–Crippen MR) is 117 cm³/mol. The summed E-state index contributed by atoms with van der Waals surface area (Å²) in [5, 5.41) is 27.2. The monoisotopic (exact) mass is 480 g/mol. The first-order valence-electron chi connectivity index (χ1n) is 8.58. The maximum Gasteiger partial charge on any atom is 0.352 e. The highest BCUT2D eigenvalue weighted by Gasteiger charge is 2.54. The predicted octanol–water partition coefficient (Wildman–Crippen LogP) is 0.585. The number of thioether (sulfide) groups is 2. The number of anilines is 1. The third-order valence-electron chi connectivity index (χ3n) is 4.19. The number of amides is 2. The van der Waals surface area contributed by atoms with Crippen molar-refractivity contribution in [2.45, 2.75) is 11.4 Å². The normalized spacial score (nSPS) is 20.8. The van der Waals surface area contributed by atoms with Crippen molar-refractivity contribution in [3.8, 4) is 6.07 Å². The lowest BCUT2D eigenvalue weighted by Crippen LogP contribution is -2.71. The molecule has 0 radical (unpaired) electrons. The molecular weight excluding hydrogens is 464 g/mol. The highest BCUT2D eigenvalue weighted by atomic mass is 32.2. The quantitative estimate of drug-likeness (QED) is 0.207. The fourth-order valence-corrected chi connectivity index (χ4v) is 5.64. The summed E-state index contributed by atoms with van der Waals surface area (Å²) < 4.78 is 0. The third kappa shape index (κ3) is 4.68. The molecule has 0 saturated carbocycles. The number of hydrogen-bond donors (Lipinski definition) is 3. The number of nitrogens with zero attached hydrogens (tertiary/aromatic N) is 4. The molecule has 31 heavy (non-hydrogen) atoms. The number of carboxylic acids is 1. The number of hydrogen-bond acceptors (Lipinski definition) is 11. The van der Waals surface area contributed by atoms with Crippen LogP contribution < -0.4 is 11.1 Å². The molecule has 2 atom stereocenters. The number of rotatable bonds is 8. The largest absolute Gasteiger partial charge is 0.477 e. The van der Waals surface area contributed by atoms with Crippen LogP contribution in [0.3, 0.4) is 0 Å². The number of nitrogens with two attached hydrogens (primary N) is 1. The van der Waals surface area contributed by atoms with E-state index in [0.29, 0.717) is 17.1 Å². The van der Waals surface area contributed by atoms with Crippen molar-refractivity contribution in [1.82, 2.24) is 15.2 Å². The average molecular weight is 481 g/mol. The van der Waals surface area contributed by atoms with E-state index >= 15 is 0 Å².